The minimum absolute atomic E-state index is 0.00455. The summed E-state index contributed by atoms with van der Waals surface area (Å²) in [6.45, 7) is 6.92. The molecule has 0 unspecified atom stereocenters. The van der Waals surface area contributed by atoms with E-state index in [-0.39, 0.29) is 30.6 Å². The van der Waals surface area contributed by atoms with Crippen LogP contribution in [0.3, 0.4) is 0 Å². The standard InChI is InChI=1S/C41H43N5O4/c1-29-37(27-45-22-24-46(25-23-45)41-42-20-7-21-43-41)49-40(50-38(29)32-14-12-30(28-47)13-15-32)34-18-16-31(17-19-34)36-11-6-5-10-35(36)26-44-39(48)33-8-3-2-4-9-33/h2-21,29,37-38,40,47H,22-28H2,1H3,(H,44,48)/t29-,37+,38+,40+/m0/s1. The van der Waals surface area contributed by atoms with Crippen molar-refractivity contribution in [3.8, 4) is 11.1 Å². The van der Waals surface area contributed by atoms with Gasteiger partial charge in [-0.05, 0) is 46.0 Å². The van der Waals surface area contributed by atoms with Crippen LogP contribution < -0.4 is 10.2 Å². The van der Waals surface area contributed by atoms with Crippen molar-refractivity contribution in [2.24, 2.45) is 5.92 Å². The van der Waals surface area contributed by atoms with Crippen LogP contribution in [0.4, 0.5) is 5.95 Å². The van der Waals surface area contributed by atoms with Crippen molar-refractivity contribution < 1.29 is 19.4 Å². The lowest BCUT2D eigenvalue weighted by Crippen LogP contribution is -2.51. The van der Waals surface area contributed by atoms with Gasteiger partial charge in [-0.2, -0.15) is 0 Å². The number of aliphatic hydroxyl groups excluding tert-OH is 1. The van der Waals surface area contributed by atoms with Crippen molar-refractivity contribution in [2.45, 2.75) is 38.6 Å². The number of carbonyl (C=O) groups excluding carboxylic acids is 1. The molecule has 1 amide bonds. The Bertz CT molecular complexity index is 1830. The van der Waals surface area contributed by atoms with Crippen LogP contribution in [0.1, 0.15) is 51.9 Å². The first kappa shape index (κ1) is 33.6. The van der Waals surface area contributed by atoms with Crippen LogP contribution in [-0.2, 0) is 22.6 Å². The highest BCUT2D eigenvalue weighted by atomic mass is 16.7. The maximum absolute atomic E-state index is 12.7. The summed E-state index contributed by atoms with van der Waals surface area (Å²) in [7, 11) is 0. The summed E-state index contributed by atoms with van der Waals surface area (Å²) in [6.07, 6.45) is 2.78. The highest BCUT2D eigenvalue weighted by Crippen LogP contribution is 2.42. The molecule has 50 heavy (non-hydrogen) atoms. The van der Waals surface area contributed by atoms with Crippen molar-refractivity contribution in [3.05, 3.63) is 149 Å². The Kier molecular flexibility index (Phi) is 10.6. The second kappa shape index (κ2) is 15.7. The molecule has 2 N–H and O–H groups in total. The van der Waals surface area contributed by atoms with E-state index in [0.29, 0.717) is 12.1 Å². The van der Waals surface area contributed by atoms with Crippen LogP contribution in [0.5, 0.6) is 0 Å². The fraction of sp³-hybridized carbons (Fsp3) is 0.293. The van der Waals surface area contributed by atoms with E-state index in [0.717, 1.165) is 72.1 Å². The molecule has 1 aromatic heterocycles. The molecule has 4 aromatic carbocycles. The second-order valence-corrected chi connectivity index (χ2v) is 13.0. The van der Waals surface area contributed by atoms with E-state index >= 15 is 0 Å². The largest absolute Gasteiger partial charge is 0.392 e. The average molecular weight is 670 g/mol. The molecule has 2 fully saturated rings. The number of nitrogens with one attached hydrogen (secondary N) is 1. The SMILES string of the molecule is C[C@H]1[C@@H](CN2CCN(c3ncccn3)CC2)O[C@@H](c2ccc(-c3ccccc3CNC(=O)c3ccccc3)cc2)O[C@H]1c1ccc(CO)cc1. The molecule has 2 saturated heterocycles. The highest BCUT2D eigenvalue weighted by molar-refractivity contribution is 5.94. The Labute approximate surface area is 293 Å². The summed E-state index contributed by atoms with van der Waals surface area (Å²) in [5.74, 6) is 0.773. The molecule has 5 aromatic rings. The first-order valence-electron chi connectivity index (χ1n) is 17.3. The molecule has 4 atom stereocenters. The summed E-state index contributed by atoms with van der Waals surface area (Å²) in [6, 6.07) is 35.7. The minimum atomic E-state index is -0.549. The van der Waals surface area contributed by atoms with Gasteiger partial charge in [-0.15, -0.1) is 0 Å². The number of hydrogen-bond donors (Lipinski definition) is 2. The van der Waals surface area contributed by atoms with Crippen molar-refractivity contribution in [3.63, 3.8) is 0 Å². The van der Waals surface area contributed by atoms with Gasteiger partial charge in [0.05, 0.1) is 18.8 Å². The fourth-order valence-corrected chi connectivity index (χ4v) is 6.81. The molecule has 7 rings (SSSR count). The molecule has 9 heteroatoms. The smallest absolute Gasteiger partial charge is 0.251 e. The second-order valence-electron chi connectivity index (χ2n) is 13.0. The Morgan fingerprint density at radius 3 is 2.20 bits per heavy atom. The predicted molar refractivity (Wildman–Crippen MR) is 193 cm³/mol. The number of anilines is 1. The van der Waals surface area contributed by atoms with E-state index in [1.54, 1.807) is 12.4 Å². The van der Waals surface area contributed by atoms with E-state index in [1.807, 2.05) is 66.7 Å². The van der Waals surface area contributed by atoms with Gasteiger partial charge in [0.2, 0.25) is 5.95 Å². The van der Waals surface area contributed by atoms with Crippen molar-refractivity contribution in [1.29, 1.82) is 0 Å². The van der Waals surface area contributed by atoms with Gasteiger partial charge in [0, 0.05) is 68.7 Å². The molecule has 0 spiro atoms. The molecular weight excluding hydrogens is 626 g/mol. The number of nitrogens with zero attached hydrogens (tertiary/aromatic N) is 4. The third kappa shape index (κ3) is 7.77. The molecular formula is C41H43N5O4. The molecule has 9 nitrogen and oxygen atoms in total. The number of benzene rings is 4. The van der Waals surface area contributed by atoms with Gasteiger partial charge in [0.25, 0.3) is 5.91 Å². The predicted octanol–water partition coefficient (Wildman–Crippen LogP) is 6.18. The van der Waals surface area contributed by atoms with Crippen molar-refractivity contribution >= 4 is 11.9 Å². The van der Waals surface area contributed by atoms with Gasteiger partial charge >= 0.3 is 0 Å². The van der Waals surface area contributed by atoms with Crippen LogP contribution in [0.15, 0.2) is 122 Å². The monoisotopic (exact) mass is 669 g/mol. The first-order chi connectivity index (χ1) is 24.6. The fourth-order valence-electron chi connectivity index (χ4n) is 6.81. The van der Waals surface area contributed by atoms with Gasteiger partial charge in [-0.25, -0.2) is 9.97 Å². The van der Waals surface area contributed by atoms with E-state index in [2.05, 4.69) is 74.5 Å². The van der Waals surface area contributed by atoms with Crippen LogP contribution in [-0.4, -0.2) is 64.7 Å². The minimum Gasteiger partial charge on any atom is -0.392 e. The zero-order valence-corrected chi connectivity index (χ0v) is 28.3. The van der Waals surface area contributed by atoms with E-state index < -0.39 is 6.29 Å². The zero-order valence-electron chi connectivity index (χ0n) is 28.3. The van der Waals surface area contributed by atoms with Crippen LogP contribution in [0.25, 0.3) is 11.1 Å². The van der Waals surface area contributed by atoms with Gasteiger partial charge in [-0.1, -0.05) is 97.9 Å². The van der Waals surface area contributed by atoms with E-state index in [4.69, 9.17) is 9.47 Å². The Morgan fingerprint density at radius 1 is 0.800 bits per heavy atom. The molecule has 3 heterocycles. The Hall–Kier alpha value is -4.93. The quantitative estimate of drug-likeness (QED) is 0.182. The summed E-state index contributed by atoms with van der Waals surface area (Å²) < 4.78 is 13.5. The third-order valence-corrected chi connectivity index (χ3v) is 9.76. The van der Waals surface area contributed by atoms with Gasteiger partial charge in [-0.3, -0.25) is 9.69 Å². The normalized spacial score (nSPS) is 21.1. The number of hydrogen-bond acceptors (Lipinski definition) is 8. The van der Waals surface area contributed by atoms with Crippen LogP contribution >= 0.6 is 0 Å². The molecule has 2 aliphatic heterocycles. The summed E-state index contributed by atoms with van der Waals surface area (Å²) >= 11 is 0. The van der Waals surface area contributed by atoms with Crippen LogP contribution in [0, 0.1) is 5.92 Å². The molecule has 256 valence electrons. The lowest BCUT2D eigenvalue weighted by molar-refractivity contribution is -0.276. The number of amides is 1. The van der Waals surface area contributed by atoms with Gasteiger partial charge in [0.1, 0.15) is 0 Å². The Morgan fingerprint density at radius 2 is 1.48 bits per heavy atom. The Balaban J connectivity index is 1.07. The third-order valence-electron chi connectivity index (χ3n) is 9.76. The molecule has 0 saturated carbocycles. The zero-order chi connectivity index (χ0) is 34.3. The number of carbonyl (C=O) groups is 1. The lowest BCUT2D eigenvalue weighted by atomic mass is 9.89. The van der Waals surface area contributed by atoms with Crippen molar-refractivity contribution in [2.75, 3.05) is 37.6 Å². The first-order valence-corrected chi connectivity index (χ1v) is 17.3. The van der Waals surface area contributed by atoms with Crippen molar-refractivity contribution in [1.82, 2.24) is 20.2 Å². The molecule has 0 radical (unpaired) electrons. The summed E-state index contributed by atoms with van der Waals surface area (Å²) in [5.41, 5.74) is 6.68. The number of ether oxygens (including phenoxy) is 2. The highest BCUT2D eigenvalue weighted by Gasteiger charge is 2.39. The maximum atomic E-state index is 12.7. The molecule has 0 bridgehead atoms. The molecule has 0 aliphatic carbocycles. The topological polar surface area (TPSA) is 100 Å². The van der Waals surface area contributed by atoms with Gasteiger partial charge in [0.15, 0.2) is 6.29 Å². The number of aromatic nitrogens is 2. The summed E-state index contributed by atoms with van der Waals surface area (Å²) in [5, 5.41) is 12.7. The number of aliphatic hydroxyl groups is 1. The van der Waals surface area contributed by atoms with Gasteiger partial charge < -0.3 is 24.8 Å². The van der Waals surface area contributed by atoms with E-state index in [9.17, 15) is 9.90 Å². The summed E-state index contributed by atoms with van der Waals surface area (Å²) in [4.78, 5) is 26.3. The van der Waals surface area contributed by atoms with Crippen LogP contribution in [0.2, 0.25) is 0 Å². The lowest BCUT2D eigenvalue weighted by Gasteiger charge is -2.44. The average Bonchev–Trinajstić information content (AvgIpc) is 3.19. The number of rotatable bonds is 10. The molecule has 2 aliphatic rings. The van der Waals surface area contributed by atoms with E-state index in [1.165, 1.54) is 0 Å². The maximum Gasteiger partial charge on any atom is 0.251 e. The number of piperazine rings is 1.